The number of aromatic nitrogens is 7. The summed E-state index contributed by atoms with van der Waals surface area (Å²) in [6.07, 6.45) is 8.74. The molecular formula is C30H36N9O2+. The molecule has 212 valence electrons. The molecule has 0 aliphatic heterocycles. The molecule has 1 aliphatic carbocycles. The summed E-state index contributed by atoms with van der Waals surface area (Å²) in [5.74, 6) is 1.81. The third-order valence-corrected chi connectivity index (χ3v) is 7.46. The highest BCUT2D eigenvalue weighted by atomic mass is 16.5. The van der Waals surface area contributed by atoms with E-state index < -0.39 is 0 Å². The number of benzene rings is 1. The minimum absolute atomic E-state index is 0.387. The van der Waals surface area contributed by atoms with Gasteiger partial charge in [0.1, 0.15) is 18.1 Å². The number of rotatable bonds is 10. The standard InChI is InChI=1S/C30H35N9O2/c1-6-24-21(14-19-16-37(2)35-28(19)33-24)29-34-26(27(39(29)4)18-10-11-18)20-8-7-9-23(31)22(20)15-32-25-17-38(3)36-30(25)41-13-12-40-5/h7-9,14-18H,6,10-13H2,1-5H3,(H2,31,32)/p+1. The lowest BCUT2D eigenvalue weighted by Gasteiger charge is -2.10. The van der Waals surface area contributed by atoms with E-state index in [0.717, 1.165) is 64.2 Å². The van der Waals surface area contributed by atoms with Crippen LogP contribution in [0.15, 0.2) is 41.7 Å². The van der Waals surface area contributed by atoms with E-state index in [2.05, 4.69) is 47.1 Å². The molecule has 41 heavy (non-hydrogen) atoms. The molecule has 3 N–H and O–H groups in total. The van der Waals surface area contributed by atoms with Crippen molar-refractivity contribution in [3.05, 3.63) is 53.6 Å². The van der Waals surface area contributed by atoms with Crippen LogP contribution in [0, 0.1) is 0 Å². The van der Waals surface area contributed by atoms with Crippen LogP contribution >= 0.6 is 0 Å². The number of hydrogen-bond acceptors (Lipinski definition) is 7. The second-order valence-corrected chi connectivity index (χ2v) is 10.5. The lowest BCUT2D eigenvalue weighted by molar-refractivity contribution is -0.724. The van der Waals surface area contributed by atoms with Crippen LogP contribution in [-0.2, 0) is 32.3 Å². The van der Waals surface area contributed by atoms with Gasteiger partial charge in [-0.05, 0) is 31.4 Å². The van der Waals surface area contributed by atoms with Crippen LogP contribution in [0.4, 0.5) is 11.4 Å². The van der Waals surface area contributed by atoms with Crippen LogP contribution in [0.1, 0.15) is 42.6 Å². The van der Waals surface area contributed by atoms with Gasteiger partial charge in [0.25, 0.3) is 5.88 Å². The molecular weight excluding hydrogens is 518 g/mol. The number of nitrogens with zero attached hydrogens (tertiary/aromatic N) is 7. The van der Waals surface area contributed by atoms with E-state index in [-0.39, 0.29) is 0 Å². The summed E-state index contributed by atoms with van der Waals surface area (Å²) in [7, 11) is 7.56. The SMILES string of the molecule is CCc1nc2[nH][n+](C)cc2cc1-c1nc(-c2cccc(N)c2C=Nc2cn(C)nc2OCCOC)c(C2CC2)n1C. The van der Waals surface area contributed by atoms with Crippen LogP contribution in [0.25, 0.3) is 33.7 Å². The number of ether oxygens (including phenoxy) is 2. The summed E-state index contributed by atoms with van der Waals surface area (Å²) in [6, 6.07) is 8.13. The van der Waals surface area contributed by atoms with E-state index >= 15 is 0 Å². The molecule has 11 heteroatoms. The van der Waals surface area contributed by atoms with Gasteiger partial charge < -0.3 is 19.8 Å². The maximum absolute atomic E-state index is 6.56. The number of H-pyrrole nitrogens is 1. The van der Waals surface area contributed by atoms with Gasteiger partial charge in [0.05, 0.1) is 29.6 Å². The predicted octanol–water partition coefficient (Wildman–Crippen LogP) is 3.99. The molecule has 11 nitrogen and oxygen atoms in total. The van der Waals surface area contributed by atoms with Crippen molar-refractivity contribution in [1.29, 1.82) is 0 Å². The Bertz CT molecular complexity index is 1760. The number of aryl methyl sites for hydroxylation is 3. The summed E-state index contributed by atoms with van der Waals surface area (Å²) in [5.41, 5.74) is 14.6. The quantitative estimate of drug-likeness (QED) is 0.116. The molecule has 6 rings (SSSR count). The van der Waals surface area contributed by atoms with Gasteiger partial charge in [-0.25, -0.2) is 15.0 Å². The van der Waals surface area contributed by atoms with Crippen LogP contribution in [0.5, 0.6) is 5.88 Å². The molecule has 0 bridgehead atoms. The van der Waals surface area contributed by atoms with Crippen molar-refractivity contribution in [3.8, 4) is 28.5 Å². The molecule has 5 aromatic rings. The maximum Gasteiger partial charge on any atom is 0.259 e. The third kappa shape index (κ3) is 5.08. The molecule has 1 aliphatic rings. The maximum atomic E-state index is 6.56. The number of aromatic amines is 1. The molecule has 1 fully saturated rings. The minimum atomic E-state index is 0.387. The van der Waals surface area contributed by atoms with Crippen LogP contribution in [-0.4, -0.2) is 56.0 Å². The van der Waals surface area contributed by atoms with Gasteiger partial charge in [-0.15, -0.1) is 14.9 Å². The Hall–Kier alpha value is -4.51. The summed E-state index contributed by atoms with van der Waals surface area (Å²) in [5, 5.41) is 8.74. The number of fused-ring (bicyclic) bond motifs is 1. The number of nitrogen functional groups attached to an aromatic ring is 1. The fourth-order valence-electron chi connectivity index (χ4n) is 5.34. The molecule has 1 saturated carbocycles. The fraction of sp³-hybridized carbons (Fsp3) is 0.367. The van der Waals surface area contributed by atoms with Crippen molar-refractivity contribution >= 4 is 28.6 Å². The average Bonchev–Trinajstić information content (AvgIpc) is 3.50. The van der Waals surface area contributed by atoms with Gasteiger partial charge in [-0.1, -0.05) is 19.1 Å². The first kappa shape index (κ1) is 26.7. The molecule has 0 unspecified atom stereocenters. The van der Waals surface area contributed by atoms with E-state index in [1.54, 1.807) is 18.0 Å². The fourth-order valence-corrected chi connectivity index (χ4v) is 5.34. The van der Waals surface area contributed by atoms with Gasteiger partial charge in [-0.3, -0.25) is 4.68 Å². The highest BCUT2D eigenvalue weighted by molar-refractivity contribution is 5.97. The second-order valence-electron chi connectivity index (χ2n) is 10.5. The molecule has 0 saturated heterocycles. The Labute approximate surface area is 238 Å². The molecule has 4 aromatic heterocycles. The number of aliphatic imine (C=N–C) groups is 1. The van der Waals surface area contributed by atoms with Crippen molar-refractivity contribution < 1.29 is 14.2 Å². The first-order valence-electron chi connectivity index (χ1n) is 13.9. The van der Waals surface area contributed by atoms with Crippen LogP contribution < -0.4 is 15.2 Å². The summed E-state index contributed by atoms with van der Waals surface area (Å²) < 4.78 is 16.7. The molecule has 0 spiro atoms. The van der Waals surface area contributed by atoms with E-state index in [0.29, 0.717) is 36.4 Å². The zero-order valence-electron chi connectivity index (χ0n) is 24.2. The third-order valence-electron chi connectivity index (χ3n) is 7.46. The Morgan fingerprint density at radius 2 is 2.02 bits per heavy atom. The van der Waals surface area contributed by atoms with Crippen molar-refractivity contribution in [3.63, 3.8) is 0 Å². The van der Waals surface area contributed by atoms with Crippen LogP contribution in [0.3, 0.4) is 0 Å². The van der Waals surface area contributed by atoms with E-state index in [1.807, 2.05) is 37.1 Å². The smallest absolute Gasteiger partial charge is 0.259 e. The number of anilines is 1. The zero-order chi connectivity index (χ0) is 28.7. The van der Waals surface area contributed by atoms with Gasteiger partial charge >= 0.3 is 0 Å². The normalized spacial score (nSPS) is 13.6. The van der Waals surface area contributed by atoms with Crippen molar-refractivity contribution in [2.24, 2.45) is 26.1 Å². The van der Waals surface area contributed by atoms with Crippen molar-refractivity contribution in [2.75, 3.05) is 26.1 Å². The number of nitrogens with two attached hydrogens (primary N) is 1. The Morgan fingerprint density at radius 1 is 1.20 bits per heavy atom. The second kappa shape index (κ2) is 10.8. The summed E-state index contributed by atoms with van der Waals surface area (Å²) in [6.45, 7) is 2.98. The monoisotopic (exact) mass is 554 g/mol. The Morgan fingerprint density at radius 3 is 2.78 bits per heavy atom. The average molecular weight is 555 g/mol. The lowest BCUT2D eigenvalue weighted by Crippen LogP contribution is -2.28. The number of nitrogens with one attached hydrogen (secondary N) is 1. The first-order valence-corrected chi connectivity index (χ1v) is 13.9. The summed E-state index contributed by atoms with van der Waals surface area (Å²) >= 11 is 0. The van der Waals surface area contributed by atoms with Gasteiger partial charge in [-0.2, -0.15) is 0 Å². The highest BCUT2D eigenvalue weighted by Crippen LogP contribution is 2.46. The summed E-state index contributed by atoms with van der Waals surface area (Å²) in [4.78, 5) is 15.0. The zero-order valence-corrected chi connectivity index (χ0v) is 24.2. The first-order chi connectivity index (χ1) is 19.9. The molecule has 0 atom stereocenters. The molecule has 0 radical (unpaired) electrons. The Balaban J connectivity index is 1.46. The van der Waals surface area contributed by atoms with E-state index in [1.165, 1.54) is 5.69 Å². The minimum Gasteiger partial charge on any atom is -0.473 e. The number of pyridine rings is 1. The van der Waals surface area contributed by atoms with E-state index in [9.17, 15) is 0 Å². The molecule has 1 aromatic carbocycles. The molecule has 4 heterocycles. The van der Waals surface area contributed by atoms with Crippen molar-refractivity contribution in [2.45, 2.75) is 32.1 Å². The largest absolute Gasteiger partial charge is 0.473 e. The van der Waals surface area contributed by atoms with Gasteiger partial charge in [0.15, 0.2) is 12.7 Å². The van der Waals surface area contributed by atoms with Gasteiger partial charge in [0.2, 0.25) is 6.20 Å². The number of hydrogen-bond donors (Lipinski definition) is 2. The molecule has 0 amide bonds. The Kier molecular flexibility index (Phi) is 7.04. The van der Waals surface area contributed by atoms with E-state index in [4.69, 9.17) is 30.2 Å². The lowest BCUT2D eigenvalue weighted by atomic mass is 10.0. The number of methoxy groups -OCH3 is 1. The van der Waals surface area contributed by atoms with Crippen LogP contribution in [0.2, 0.25) is 0 Å². The topological polar surface area (TPSA) is 125 Å². The predicted molar refractivity (Wildman–Crippen MR) is 159 cm³/mol. The highest BCUT2D eigenvalue weighted by Gasteiger charge is 2.33. The van der Waals surface area contributed by atoms with Crippen molar-refractivity contribution in [1.82, 2.24) is 29.4 Å². The van der Waals surface area contributed by atoms with Gasteiger partial charge in [0, 0.05) is 61.4 Å². The number of imidazole rings is 1.